The molecule has 1 amide bonds. The van der Waals surface area contributed by atoms with E-state index in [1.807, 2.05) is 0 Å². The van der Waals surface area contributed by atoms with E-state index in [0.29, 0.717) is 37.9 Å². The normalized spacial score (nSPS) is 18.0. The second-order valence-corrected chi connectivity index (χ2v) is 5.46. The van der Waals surface area contributed by atoms with Crippen molar-refractivity contribution < 1.29 is 18.7 Å². The molecule has 21 heavy (non-hydrogen) atoms. The standard InChI is InChI=1S/C15H19ClFNO3/c1-20-7-5-18(15(19)12-4-6-21-10-12)9-11-2-3-13(17)8-14(11)16/h2-3,8,12H,4-7,9-10H2,1H3/t12-/m0/s1. The molecule has 0 saturated carbocycles. The first-order valence-corrected chi connectivity index (χ1v) is 7.29. The first-order valence-electron chi connectivity index (χ1n) is 6.91. The SMILES string of the molecule is COCCN(Cc1ccc(F)cc1Cl)C(=O)[C@H]1CCOC1. The molecule has 116 valence electrons. The van der Waals surface area contributed by atoms with Crippen LogP contribution in [0.2, 0.25) is 5.02 Å². The molecule has 0 unspecified atom stereocenters. The third kappa shape index (κ3) is 4.40. The number of ether oxygens (including phenoxy) is 2. The van der Waals surface area contributed by atoms with E-state index in [1.54, 1.807) is 18.1 Å². The number of halogens is 2. The number of carbonyl (C=O) groups is 1. The topological polar surface area (TPSA) is 38.8 Å². The molecule has 0 aliphatic carbocycles. The predicted molar refractivity (Wildman–Crippen MR) is 77.6 cm³/mol. The maximum atomic E-state index is 13.1. The van der Waals surface area contributed by atoms with E-state index >= 15 is 0 Å². The molecule has 1 atom stereocenters. The second kappa shape index (κ2) is 7.73. The Morgan fingerprint density at radius 3 is 3.00 bits per heavy atom. The van der Waals surface area contributed by atoms with Crippen molar-refractivity contribution in [2.75, 3.05) is 33.5 Å². The lowest BCUT2D eigenvalue weighted by Crippen LogP contribution is -2.38. The van der Waals surface area contributed by atoms with Crippen molar-refractivity contribution in [1.29, 1.82) is 0 Å². The quantitative estimate of drug-likeness (QED) is 0.809. The third-order valence-corrected chi connectivity index (χ3v) is 3.88. The Morgan fingerprint density at radius 2 is 2.38 bits per heavy atom. The molecule has 4 nitrogen and oxygen atoms in total. The number of carbonyl (C=O) groups excluding carboxylic acids is 1. The van der Waals surface area contributed by atoms with Crippen molar-refractivity contribution >= 4 is 17.5 Å². The summed E-state index contributed by atoms with van der Waals surface area (Å²) >= 11 is 6.04. The first kappa shape index (κ1) is 16.2. The van der Waals surface area contributed by atoms with E-state index in [9.17, 15) is 9.18 Å². The van der Waals surface area contributed by atoms with Crippen LogP contribution in [0.25, 0.3) is 0 Å². The van der Waals surface area contributed by atoms with Crippen molar-refractivity contribution in [3.8, 4) is 0 Å². The van der Waals surface area contributed by atoms with Crippen molar-refractivity contribution in [2.45, 2.75) is 13.0 Å². The highest BCUT2D eigenvalue weighted by Crippen LogP contribution is 2.22. The first-order chi connectivity index (χ1) is 10.1. The van der Waals surface area contributed by atoms with Crippen LogP contribution in [-0.4, -0.2) is 44.3 Å². The molecule has 0 bridgehead atoms. The second-order valence-electron chi connectivity index (χ2n) is 5.05. The predicted octanol–water partition coefficient (Wildman–Crippen LogP) is 2.49. The van der Waals surface area contributed by atoms with Crippen LogP contribution in [0, 0.1) is 11.7 Å². The van der Waals surface area contributed by atoms with Gasteiger partial charge >= 0.3 is 0 Å². The molecule has 1 saturated heterocycles. The minimum atomic E-state index is -0.386. The van der Waals surface area contributed by atoms with E-state index in [1.165, 1.54) is 12.1 Å². The van der Waals surface area contributed by atoms with Crippen LogP contribution in [0.15, 0.2) is 18.2 Å². The van der Waals surface area contributed by atoms with Crippen LogP contribution >= 0.6 is 11.6 Å². The smallest absolute Gasteiger partial charge is 0.228 e. The summed E-state index contributed by atoms with van der Waals surface area (Å²) < 4.78 is 23.4. The molecule has 1 aliphatic rings. The van der Waals surface area contributed by atoms with Crippen molar-refractivity contribution in [3.05, 3.63) is 34.6 Å². The molecule has 0 spiro atoms. The van der Waals surface area contributed by atoms with E-state index in [0.717, 1.165) is 12.0 Å². The van der Waals surface area contributed by atoms with Gasteiger partial charge in [0.15, 0.2) is 0 Å². The van der Waals surface area contributed by atoms with Gasteiger partial charge in [0.1, 0.15) is 5.82 Å². The summed E-state index contributed by atoms with van der Waals surface area (Å²) in [7, 11) is 1.59. The summed E-state index contributed by atoms with van der Waals surface area (Å²) in [5.74, 6) is -0.464. The van der Waals surface area contributed by atoms with Gasteiger partial charge in [-0.15, -0.1) is 0 Å². The summed E-state index contributed by atoms with van der Waals surface area (Å²) in [6.45, 7) is 2.33. The fraction of sp³-hybridized carbons (Fsp3) is 0.533. The fourth-order valence-electron chi connectivity index (χ4n) is 2.31. The molecule has 1 aromatic rings. The van der Waals surface area contributed by atoms with Gasteiger partial charge in [-0.05, 0) is 24.1 Å². The number of methoxy groups -OCH3 is 1. The Labute approximate surface area is 128 Å². The number of nitrogens with zero attached hydrogens (tertiary/aromatic N) is 1. The Bertz CT molecular complexity index is 492. The number of benzene rings is 1. The average Bonchev–Trinajstić information content (AvgIpc) is 2.99. The molecule has 0 radical (unpaired) electrons. The number of hydrogen-bond donors (Lipinski definition) is 0. The van der Waals surface area contributed by atoms with Crippen molar-refractivity contribution in [3.63, 3.8) is 0 Å². The summed E-state index contributed by atoms with van der Waals surface area (Å²) in [4.78, 5) is 14.2. The van der Waals surface area contributed by atoms with Gasteiger partial charge in [-0.1, -0.05) is 17.7 Å². The summed E-state index contributed by atoms with van der Waals surface area (Å²) in [5, 5.41) is 0.327. The summed E-state index contributed by atoms with van der Waals surface area (Å²) in [5.41, 5.74) is 0.724. The zero-order valence-corrected chi connectivity index (χ0v) is 12.7. The van der Waals surface area contributed by atoms with Gasteiger partial charge < -0.3 is 14.4 Å². The van der Waals surface area contributed by atoms with Crippen molar-refractivity contribution in [1.82, 2.24) is 4.90 Å². The van der Waals surface area contributed by atoms with E-state index in [-0.39, 0.29) is 17.6 Å². The largest absolute Gasteiger partial charge is 0.383 e. The number of amides is 1. The van der Waals surface area contributed by atoms with E-state index in [4.69, 9.17) is 21.1 Å². The Hall–Kier alpha value is -1.17. The van der Waals surface area contributed by atoms with Crippen LogP contribution in [0.4, 0.5) is 4.39 Å². The van der Waals surface area contributed by atoms with Gasteiger partial charge in [-0.2, -0.15) is 0 Å². The third-order valence-electron chi connectivity index (χ3n) is 3.53. The van der Waals surface area contributed by atoms with Crippen LogP contribution in [0.5, 0.6) is 0 Å². The molecule has 2 rings (SSSR count). The summed E-state index contributed by atoms with van der Waals surface area (Å²) in [6.07, 6.45) is 0.736. The Balaban J connectivity index is 2.09. The number of hydrogen-bond acceptors (Lipinski definition) is 3. The zero-order chi connectivity index (χ0) is 15.2. The maximum Gasteiger partial charge on any atom is 0.228 e. The van der Waals surface area contributed by atoms with Gasteiger partial charge in [0.2, 0.25) is 5.91 Å². The molecule has 1 heterocycles. The lowest BCUT2D eigenvalue weighted by atomic mass is 10.1. The zero-order valence-electron chi connectivity index (χ0n) is 12.0. The minimum absolute atomic E-state index is 0.0324. The lowest BCUT2D eigenvalue weighted by Gasteiger charge is -2.25. The van der Waals surface area contributed by atoms with E-state index in [2.05, 4.69) is 0 Å². The highest BCUT2D eigenvalue weighted by molar-refractivity contribution is 6.31. The van der Waals surface area contributed by atoms with Gasteiger partial charge in [0, 0.05) is 31.8 Å². The van der Waals surface area contributed by atoms with Crippen LogP contribution in [0.3, 0.4) is 0 Å². The highest BCUT2D eigenvalue weighted by atomic mass is 35.5. The van der Waals surface area contributed by atoms with Crippen LogP contribution in [0.1, 0.15) is 12.0 Å². The van der Waals surface area contributed by atoms with Crippen LogP contribution in [-0.2, 0) is 20.8 Å². The minimum Gasteiger partial charge on any atom is -0.383 e. The molecule has 6 heteroatoms. The monoisotopic (exact) mass is 315 g/mol. The molecular weight excluding hydrogens is 297 g/mol. The van der Waals surface area contributed by atoms with Gasteiger partial charge in [0.25, 0.3) is 0 Å². The maximum absolute atomic E-state index is 13.1. The highest BCUT2D eigenvalue weighted by Gasteiger charge is 2.28. The van der Waals surface area contributed by atoms with Gasteiger partial charge in [-0.25, -0.2) is 4.39 Å². The molecule has 0 aromatic heterocycles. The molecule has 1 aromatic carbocycles. The van der Waals surface area contributed by atoms with Gasteiger partial charge in [0.05, 0.1) is 19.1 Å². The summed E-state index contributed by atoms with van der Waals surface area (Å²) in [6, 6.07) is 4.21. The van der Waals surface area contributed by atoms with Crippen LogP contribution < -0.4 is 0 Å². The number of rotatable bonds is 6. The Morgan fingerprint density at radius 1 is 1.57 bits per heavy atom. The molecule has 0 N–H and O–H groups in total. The fourth-order valence-corrected chi connectivity index (χ4v) is 2.54. The van der Waals surface area contributed by atoms with Gasteiger partial charge in [-0.3, -0.25) is 4.79 Å². The molecule has 1 fully saturated rings. The molecular formula is C15H19ClFNO3. The Kier molecular flexibility index (Phi) is 5.96. The van der Waals surface area contributed by atoms with Crippen molar-refractivity contribution in [2.24, 2.45) is 5.92 Å². The lowest BCUT2D eigenvalue weighted by molar-refractivity contribution is -0.136. The van der Waals surface area contributed by atoms with E-state index < -0.39 is 0 Å². The average molecular weight is 316 g/mol. The molecule has 1 aliphatic heterocycles.